The summed E-state index contributed by atoms with van der Waals surface area (Å²) in [7, 11) is 0. The van der Waals surface area contributed by atoms with Crippen LogP contribution in [-0.2, 0) is 4.74 Å². The molecular weight excluding hydrogens is 288 g/mol. The number of aromatic nitrogens is 1. The Bertz CT molecular complexity index is 842. The van der Waals surface area contributed by atoms with Crippen LogP contribution in [0.1, 0.15) is 22.8 Å². The van der Waals surface area contributed by atoms with Crippen LogP contribution in [0.25, 0.3) is 10.9 Å². The third kappa shape index (κ3) is 3.31. The first kappa shape index (κ1) is 15.0. The van der Waals surface area contributed by atoms with Gasteiger partial charge in [0.2, 0.25) is 0 Å². The highest BCUT2D eigenvalue weighted by atomic mass is 16.5. The van der Waals surface area contributed by atoms with Crippen LogP contribution in [-0.4, -0.2) is 17.6 Å². The van der Waals surface area contributed by atoms with Crippen LogP contribution in [0.3, 0.4) is 0 Å². The van der Waals surface area contributed by atoms with E-state index in [-0.39, 0.29) is 5.97 Å². The second-order valence-corrected chi connectivity index (χ2v) is 5.30. The fourth-order valence-electron chi connectivity index (χ4n) is 2.43. The maximum atomic E-state index is 11.7. The van der Waals surface area contributed by atoms with Gasteiger partial charge in [0.1, 0.15) is 0 Å². The van der Waals surface area contributed by atoms with Crippen molar-refractivity contribution in [2.75, 3.05) is 11.9 Å². The maximum Gasteiger partial charge on any atom is 0.338 e. The number of rotatable bonds is 4. The Balaban J connectivity index is 1.87. The highest BCUT2D eigenvalue weighted by Gasteiger charge is 2.07. The lowest BCUT2D eigenvalue weighted by Gasteiger charge is -2.10. The zero-order valence-electron chi connectivity index (χ0n) is 13.2. The fraction of sp³-hybridized carbons (Fsp3) is 0.158. The summed E-state index contributed by atoms with van der Waals surface area (Å²) >= 11 is 0. The maximum absolute atomic E-state index is 11.7. The lowest BCUT2D eigenvalue weighted by molar-refractivity contribution is 0.0526. The molecule has 0 spiro atoms. The molecule has 0 radical (unpaired) electrons. The van der Waals surface area contributed by atoms with Crippen molar-refractivity contribution in [1.29, 1.82) is 0 Å². The standard InChI is InChI=1S/C19H18N2O2/c1-3-23-19(22)14-5-7-15(8-6-14)21-18-10-11-20-17-9-4-13(2)12-16(17)18/h4-12H,3H2,1-2H3,(H,20,21). The van der Waals surface area contributed by atoms with Crippen LogP contribution in [0.5, 0.6) is 0 Å². The molecule has 0 aliphatic rings. The number of hydrogen-bond acceptors (Lipinski definition) is 4. The summed E-state index contributed by atoms with van der Waals surface area (Å²) in [6, 6.07) is 15.4. The van der Waals surface area contributed by atoms with Gasteiger partial charge in [-0.1, -0.05) is 11.6 Å². The molecular formula is C19H18N2O2. The first-order chi connectivity index (χ1) is 11.2. The van der Waals surface area contributed by atoms with Crippen LogP contribution in [0.15, 0.2) is 54.7 Å². The van der Waals surface area contributed by atoms with Gasteiger partial charge < -0.3 is 10.1 Å². The molecule has 0 aliphatic heterocycles. The van der Waals surface area contributed by atoms with Gasteiger partial charge >= 0.3 is 5.97 Å². The third-order valence-corrected chi connectivity index (χ3v) is 3.57. The predicted molar refractivity (Wildman–Crippen MR) is 92.2 cm³/mol. The molecule has 0 unspecified atom stereocenters. The molecule has 3 rings (SSSR count). The summed E-state index contributed by atoms with van der Waals surface area (Å²) in [6.45, 7) is 4.23. The molecule has 0 aliphatic carbocycles. The molecule has 0 saturated carbocycles. The van der Waals surface area contributed by atoms with E-state index in [0.717, 1.165) is 22.3 Å². The molecule has 0 amide bonds. The molecule has 1 aromatic heterocycles. The van der Waals surface area contributed by atoms with E-state index in [0.29, 0.717) is 12.2 Å². The van der Waals surface area contributed by atoms with Crippen LogP contribution in [0, 0.1) is 6.92 Å². The van der Waals surface area contributed by atoms with Crippen molar-refractivity contribution in [3.8, 4) is 0 Å². The SMILES string of the molecule is CCOC(=O)c1ccc(Nc2ccnc3ccc(C)cc23)cc1. The molecule has 1 heterocycles. The first-order valence-electron chi connectivity index (χ1n) is 7.57. The molecule has 0 bridgehead atoms. The average molecular weight is 306 g/mol. The second kappa shape index (κ2) is 6.48. The number of esters is 1. The summed E-state index contributed by atoms with van der Waals surface area (Å²) < 4.78 is 4.99. The minimum absolute atomic E-state index is 0.302. The Morgan fingerprint density at radius 1 is 1.13 bits per heavy atom. The summed E-state index contributed by atoms with van der Waals surface area (Å²) in [4.78, 5) is 16.1. The summed E-state index contributed by atoms with van der Waals surface area (Å²) in [5, 5.41) is 4.45. The molecule has 0 saturated heterocycles. The van der Waals surface area contributed by atoms with Gasteiger partial charge in [-0.3, -0.25) is 4.98 Å². The highest BCUT2D eigenvalue weighted by Crippen LogP contribution is 2.26. The predicted octanol–water partition coefficient (Wildman–Crippen LogP) is 4.46. The van der Waals surface area contributed by atoms with E-state index >= 15 is 0 Å². The Morgan fingerprint density at radius 3 is 2.65 bits per heavy atom. The summed E-state index contributed by atoms with van der Waals surface area (Å²) in [5.74, 6) is -0.302. The molecule has 4 heteroatoms. The molecule has 0 fully saturated rings. The van der Waals surface area contributed by atoms with Crippen molar-refractivity contribution in [2.45, 2.75) is 13.8 Å². The van der Waals surface area contributed by atoms with Crippen molar-refractivity contribution in [3.05, 3.63) is 65.9 Å². The van der Waals surface area contributed by atoms with Gasteiger partial charge in [0.15, 0.2) is 0 Å². The minimum atomic E-state index is -0.302. The van der Waals surface area contributed by atoms with E-state index in [1.54, 1.807) is 25.3 Å². The molecule has 3 aromatic rings. The molecule has 116 valence electrons. The number of hydrogen-bond donors (Lipinski definition) is 1. The van der Waals surface area contributed by atoms with E-state index in [9.17, 15) is 4.79 Å². The van der Waals surface area contributed by atoms with Crippen LogP contribution < -0.4 is 5.32 Å². The molecule has 1 N–H and O–H groups in total. The smallest absolute Gasteiger partial charge is 0.338 e. The Kier molecular flexibility index (Phi) is 4.24. The first-order valence-corrected chi connectivity index (χ1v) is 7.57. The Hall–Kier alpha value is -2.88. The van der Waals surface area contributed by atoms with E-state index in [1.807, 2.05) is 30.3 Å². The lowest BCUT2D eigenvalue weighted by atomic mass is 10.1. The van der Waals surface area contributed by atoms with Crippen LogP contribution in [0.4, 0.5) is 11.4 Å². The van der Waals surface area contributed by atoms with Gasteiger partial charge in [-0.25, -0.2) is 4.79 Å². The van der Waals surface area contributed by atoms with E-state index in [2.05, 4.69) is 23.3 Å². The normalized spacial score (nSPS) is 10.5. The number of carbonyl (C=O) groups is 1. The quantitative estimate of drug-likeness (QED) is 0.723. The topological polar surface area (TPSA) is 51.2 Å². The number of ether oxygens (including phenoxy) is 1. The Morgan fingerprint density at radius 2 is 1.91 bits per heavy atom. The summed E-state index contributed by atoms with van der Waals surface area (Å²) in [5.41, 5.74) is 4.58. The second-order valence-electron chi connectivity index (χ2n) is 5.30. The van der Waals surface area contributed by atoms with Gasteiger partial charge in [0, 0.05) is 23.0 Å². The number of carbonyl (C=O) groups excluding carboxylic acids is 1. The van der Waals surface area contributed by atoms with Crippen molar-refractivity contribution in [3.63, 3.8) is 0 Å². The van der Waals surface area contributed by atoms with E-state index in [1.165, 1.54) is 5.56 Å². The van der Waals surface area contributed by atoms with E-state index < -0.39 is 0 Å². The zero-order chi connectivity index (χ0) is 16.2. The number of aryl methyl sites for hydroxylation is 1. The average Bonchev–Trinajstić information content (AvgIpc) is 2.56. The van der Waals surface area contributed by atoms with Gasteiger partial charge in [-0.05, 0) is 56.3 Å². The molecule has 4 nitrogen and oxygen atoms in total. The molecule has 23 heavy (non-hydrogen) atoms. The van der Waals surface area contributed by atoms with Crippen LogP contribution in [0.2, 0.25) is 0 Å². The molecule has 2 aromatic carbocycles. The summed E-state index contributed by atoms with van der Waals surface area (Å²) in [6.07, 6.45) is 1.78. The minimum Gasteiger partial charge on any atom is -0.462 e. The van der Waals surface area contributed by atoms with Crippen LogP contribution >= 0.6 is 0 Å². The van der Waals surface area contributed by atoms with Gasteiger partial charge in [0.05, 0.1) is 17.7 Å². The highest BCUT2D eigenvalue weighted by molar-refractivity contribution is 5.94. The third-order valence-electron chi connectivity index (χ3n) is 3.57. The number of fused-ring (bicyclic) bond motifs is 1. The fourth-order valence-corrected chi connectivity index (χ4v) is 2.43. The monoisotopic (exact) mass is 306 g/mol. The number of nitrogens with zero attached hydrogens (tertiary/aromatic N) is 1. The van der Waals surface area contributed by atoms with Crippen molar-refractivity contribution < 1.29 is 9.53 Å². The zero-order valence-corrected chi connectivity index (χ0v) is 13.2. The number of nitrogens with one attached hydrogen (secondary N) is 1. The van der Waals surface area contributed by atoms with Gasteiger partial charge in [-0.15, -0.1) is 0 Å². The van der Waals surface area contributed by atoms with E-state index in [4.69, 9.17) is 4.74 Å². The number of pyridine rings is 1. The van der Waals surface area contributed by atoms with Crippen molar-refractivity contribution in [1.82, 2.24) is 4.98 Å². The number of anilines is 2. The Labute approximate surface area is 135 Å². The molecule has 0 atom stereocenters. The lowest BCUT2D eigenvalue weighted by Crippen LogP contribution is -2.04. The number of benzene rings is 2. The van der Waals surface area contributed by atoms with Gasteiger partial charge in [-0.2, -0.15) is 0 Å². The van der Waals surface area contributed by atoms with Crippen molar-refractivity contribution >= 4 is 28.2 Å². The largest absolute Gasteiger partial charge is 0.462 e. The van der Waals surface area contributed by atoms with Crippen molar-refractivity contribution in [2.24, 2.45) is 0 Å². The van der Waals surface area contributed by atoms with Gasteiger partial charge in [0.25, 0.3) is 0 Å².